The van der Waals surface area contributed by atoms with Gasteiger partial charge in [0.05, 0.1) is 0 Å². The summed E-state index contributed by atoms with van der Waals surface area (Å²) in [5.41, 5.74) is 2.80. The third-order valence-electron chi connectivity index (χ3n) is 2.33. The first-order valence-electron chi connectivity index (χ1n) is 4.82. The fourth-order valence-electron chi connectivity index (χ4n) is 1.45. The Balaban J connectivity index is 2.55. The Labute approximate surface area is 103 Å². The molecule has 17 heavy (non-hydrogen) atoms. The SMILES string of the molecule is Cc1ccc(C)c(-c2n[nH]c(S(=O)(=O)Cl)n2)c1. The lowest BCUT2D eigenvalue weighted by Crippen LogP contribution is -1.93. The van der Waals surface area contributed by atoms with E-state index in [-0.39, 0.29) is 5.16 Å². The minimum Gasteiger partial charge on any atom is -0.248 e. The molecule has 0 atom stereocenters. The number of benzene rings is 1. The molecule has 0 fully saturated rings. The monoisotopic (exact) mass is 271 g/mol. The van der Waals surface area contributed by atoms with Gasteiger partial charge in [-0.25, -0.2) is 13.5 Å². The van der Waals surface area contributed by atoms with Gasteiger partial charge in [-0.15, -0.1) is 0 Å². The van der Waals surface area contributed by atoms with Crippen molar-refractivity contribution >= 4 is 19.7 Å². The number of aryl methyl sites for hydroxylation is 2. The highest BCUT2D eigenvalue weighted by Gasteiger charge is 2.17. The van der Waals surface area contributed by atoms with Crippen molar-refractivity contribution in [1.82, 2.24) is 15.2 Å². The lowest BCUT2D eigenvalue weighted by molar-refractivity contribution is 0.602. The van der Waals surface area contributed by atoms with Crippen LogP contribution in [-0.2, 0) is 9.05 Å². The molecule has 0 saturated carbocycles. The topological polar surface area (TPSA) is 75.7 Å². The molecule has 0 amide bonds. The largest absolute Gasteiger partial charge is 0.296 e. The zero-order valence-electron chi connectivity index (χ0n) is 9.23. The molecule has 0 aliphatic rings. The van der Waals surface area contributed by atoms with Crippen molar-refractivity contribution < 1.29 is 8.42 Å². The third-order valence-corrected chi connectivity index (χ3v) is 3.41. The van der Waals surface area contributed by atoms with Crippen LogP contribution in [0.15, 0.2) is 23.4 Å². The number of nitrogens with one attached hydrogen (secondary N) is 1. The minimum atomic E-state index is -3.87. The Kier molecular flexibility index (Phi) is 2.92. The predicted octanol–water partition coefficient (Wildman–Crippen LogP) is 2.02. The molecule has 90 valence electrons. The van der Waals surface area contributed by atoms with Gasteiger partial charge in [-0.3, -0.25) is 0 Å². The van der Waals surface area contributed by atoms with Crippen LogP contribution in [0.1, 0.15) is 11.1 Å². The third kappa shape index (κ3) is 2.48. The molecule has 0 radical (unpaired) electrons. The van der Waals surface area contributed by atoms with Crippen molar-refractivity contribution in [3.05, 3.63) is 29.3 Å². The Morgan fingerprint density at radius 1 is 1.29 bits per heavy atom. The summed E-state index contributed by atoms with van der Waals surface area (Å²) in [5.74, 6) is 0.324. The molecule has 0 aliphatic heterocycles. The van der Waals surface area contributed by atoms with Crippen LogP contribution >= 0.6 is 10.7 Å². The first kappa shape index (κ1) is 12.1. The first-order chi connectivity index (χ1) is 7.88. The number of halogens is 1. The van der Waals surface area contributed by atoms with Gasteiger partial charge >= 0.3 is 0 Å². The summed E-state index contributed by atoms with van der Waals surface area (Å²) in [6, 6.07) is 5.78. The van der Waals surface area contributed by atoms with Gasteiger partial charge in [0, 0.05) is 16.2 Å². The maximum atomic E-state index is 11.1. The van der Waals surface area contributed by atoms with E-state index in [4.69, 9.17) is 10.7 Å². The van der Waals surface area contributed by atoms with E-state index in [1.54, 1.807) is 0 Å². The van der Waals surface area contributed by atoms with Gasteiger partial charge in [0.25, 0.3) is 14.2 Å². The maximum Gasteiger partial charge on any atom is 0.296 e. The smallest absolute Gasteiger partial charge is 0.248 e. The number of aromatic nitrogens is 3. The average molecular weight is 272 g/mol. The second-order valence-electron chi connectivity index (χ2n) is 3.72. The summed E-state index contributed by atoms with van der Waals surface area (Å²) in [6.07, 6.45) is 0. The highest BCUT2D eigenvalue weighted by molar-refractivity contribution is 8.13. The van der Waals surface area contributed by atoms with Crippen molar-refractivity contribution in [3.63, 3.8) is 0 Å². The lowest BCUT2D eigenvalue weighted by Gasteiger charge is -2.01. The standard InChI is InChI=1S/C10H10ClN3O2S/c1-6-3-4-7(2)8(5-6)9-12-10(14-13-9)17(11,15)16/h3-5H,1-2H3,(H,12,13,14). The van der Waals surface area contributed by atoms with Crippen molar-refractivity contribution in [2.24, 2.45) is 0 Å². The fraction of sp³-hybridized carbons (Fsp3) is 0.200. The molecule has 1 aromatic carbocycles. The summed E-state index contributed by atoms with van der Waals surface area (Å²) in [5, 5.41) is 5.83. The van der Waals surface area contributed by atoms with Gasteiger partial charge in [-0.2, -0.15) is 10.1 Å². The van der Waals surface area contributed by atoms with E-state index < -0.39 is 9.05 Å². The zero-order valence-corrected chi connectivity index (χ0v) is 10.8. The van der Waals surface area contributed by atoms with E-state index in [0.717, 1.165) is 16.7 Å². The van der Waals surface area contributed by atoms with Gasteiger partial charge < -0.3 is 0 Å². The van der Waals surface area contributed by atoms with Gasteiger partial charge in [0.2, 0.25) is 0 Å². The summed E-state index contributed by atoms with van der Waals surface area (Å²) in [6.45, 7) is 3.84. The van der Waals surface area contributed by atoms with Crippen LogP contribution in [0.25, 0.3) is 11.4 Å². The second kappa shape index (κ2) is 4.12. The summed E-state index contributed by atoms with van der Waals surface area (Å²) >= 11 is 0. The molecule has 0 bridgehead atoms. The van der Waals surface area contributed by atoms with E-state index in [9.17, 15) is 8.42 Å². The van der Waals surface area contributed by atoms with Gasteiger partial charge in [0.15, 0.2) is 5.82 Å². The molecule has 2 rings (SSSR count). The second-order valence-corrected chi connectivity index (χ2v) is 6.20. The molecular weight excluding hydrogens is 262 g/mol. The summed E-state index contributed by atoms with van der Waals surface area (Å²) in [4.78, 5) is 3.87. The molecule has 1 heterocycles. The molecule has 2 aromatic rings. The van der Waals surface area contributed by atoms with Crippen LogP contribution in [-0.4, -0.2) is 23.6 Å². The zero-order chi connectivity index (χ0) is 12.6. The van der Waals surface area contributed by atoms with Crippen molar-refractivity contribution in [3.8, 4) is 11.4 Å². The molecule has 1 N–H and O–H groups in total. The molecule has 7 heteroatoms. The highest BCUT2D eigenvalue weighted by Crippen LogP contribution is 2.22. The number of hydrogen-bond acceptors (Lipinski definition) is 4. The van der Waals surface area contributed by atoms with Crippen LogP contribution in [0.3, 0.4) is 0 Å². The summed E-state index contributed by atoms with van der Waals surface area (Å²) in [7, 11) is 1.30. The quantitative estimate of drug-likeness (QED) is 0.848. The summed E-state index contributed by atoms with van der Waals surface area (Å²) < 4.78 is 22.1. The number of aromatic amines is 1. The van der Waals surface area contributed by atoms with Crippen LogP contribution in [0.5, 0.6) is 0 Å². The van der Waals surface area contributed by atoms with E-state index in [1.165, 1.54) is 0 Å². The first-order valence-corrected chi connectivity index (χ1v) is 7.13. The normalized spacial score (nSPS) is 11.7. The van der Waals surface area contributed by atoms with Crippen LogP contribution in [0.2, 0.25) is 0 Å². The molecule has 0 saturated heterocycles. The molecular formula is C10H10ClN3O2S. The van der Waals surface area contributed by atoms with Crippen LogP contribution < -0.4 is 0 Å². The number of hydrogen-bond donors (Lipinski definition) is 1. The minimum absolute atomic E-state index is 0.324. The Morgan fingerprint density at radius 3 is 2.59 bits per heavy atom. The Hall–Kier alpha value is -1.40. The van der Waals surface area contributed by atoms with E-state index >= 15 is 0 Å². The average Bonchev–Trinajstić information content (AvgIpc) is 2.70. The van der Waals surface area contributed by atoms with Crippen LogP contribution in [0, 0.1) is 13.8 Å². The molecule has 0 spiro atoms. The van der Waals surface area contributed by atoms with Crippen molar-refractivity contribution in [1.29, 1.82) is 0 Å². The fourth-order valence-corrected chi connectivity index (χ4v) is 2.01. The predicted molar refractivity (Wildman–Crippen MR) is 64.3 cm³/mol. The van der Waals surface area contributed by atoms with E-state index in [2.05, 4.69) is 15.2 Å². The Bertz CT molecular complexity index is 664. The van der Waals surface area contributed by atoms with E-state index in [0.29, 0.717) is 5.82 Å². The maximum absolute atomic E-state index is 11.1. The molecule has 5 nitrogen and oxygen atoms in total. The Morgan fingerprint density at radius 2 is 2.00 bits per heavy atom. The molecule has 1 aromatic heterocycles. The highest BCUT2D eigenvalue weighted by atomic mass is 35.7. The number of H-pyrrole nitrogens is 1. The van der Waals surface area contributed by atoms with Gasteiger partial charge in [0.1, 0.15) is 0 Å². The molecule has 0 aliphatic carbocycles. The number of rotatable bonds is 2. The van der Waals surface area contributed by atoms with Gasteiger partial charge in [-0.05, 0) is 25.5 Å². The molecule has 0 unspecified atom stereocenters. The number of nitrogens with zero attached hydrogens (tertiary/aromatic N) is 2. The van der Waals surface area contributed by atoms with Gasteiger partial charge in [-0.1, -0.05) is 17.7 Å². The van der Waals surface area contributed by atoms with Crippen molar-refractivity contribution in [2.45, 2.75) is 19.0 Å². The lowest BCUT2D eigenvalue weighted by atomic mass is 10.1. The van der Waals surface area contributed by atoms with Crippen molar-refractivity contribution in [2.75, 3.05) is 0 Å². The van der Waals surface area contributed by atoms with Crippen LogP contribution in [0.4, 0.5) is 0 Å². The van der Waals surface area contributed by atoms with E-state index in [1.807, 2.05) is 32.0 Å².